The Morgan fingerprint density at radius 2 is 1.79 bits per heavy atom. The van der Waals surface area contributed by atoms with Crippen molar-refractivity contribution >= 4 is 35.2 Å². The first-order valence-corrected chi connectivity index (χ1v) is 9.74. The number of amides is 3. The van der Waals surface area contributed by atoms with Crippen LogP contribution in [0.2, 0.25) is 0 Å². The van der Waals surface area contributed by atoms with Crippen LogP contribution in [0.4, 0.5) is 5.69 Å². The molecule has 0 bridgehead atoms. The lowest BCUT2D eigenvalue weighted by Gasteiger charge is -2.23. The van der Waals surface area contributed by atoms with E-state index in [0.29, 0.717) is 5.69 Å². The van der Waals surface area contributed by atoms with E-state index in [9.17, 15) is 14.4 Å². The molecular formula is C20H17N5O3S. The summed E-state index contributed by atoms with van der Waals surface area (Å²) >= 11 is 1.32. The fourth-order valence-corrected chi connectivity index (χ4v) is 3.95. The van der Waals surface area contributed by atoms with E-state index in [2.05, 4.69) is 26.4 Å². The van der Waals surface area contributed by atoms with Gasteiger partial charge in [0.25, 0.3) is 5.91 Å². The normalized spacial score (nSPS) is 15.2. The van der Waals surface area contributed by atoms with Gasteiger partial charge < -0.3 is 5.32 Å². The number of rotatable bonds is 4. The van der Waals surface area contributed by atoms with Crippen molar-refractivity contribution in [1.29, 1.82) is 0 Å². The van der Waals surface area contributed by atoms with Crippen molar-refractivity contribution in [2.45, 2.75) is 16.6 Å². The molecule has 0 fully saturated rings. The third-order valence-corrected chi connectivity index (χ3v) is 5.56. The number of hydrogen-bond acceptors (Lipinski definition) is 5. The second-order valence-corrected chi connectivity index (χ2v) is 7.58. The van der Waals surface area contributed by atoms with Gasteiger partial charge in [-0.3, -0.25) is 30.3 Å². The maximum absolute atomic E-state index is 12.2. The van der Waals surface area contributed by atoms with Gasteiger partial charge in [-0.25, -0.2) is 0 Å². The number of nitrogens with zero attached hydrogens (tertiary/aromatic N) is 1. The van der Waals surface area contributed by atoms with Crippen LogP contribution in [0.3, 0.4) is 0 Å². The molecule has 146 valence electrons. The summed E-state index contributed by atoms with van der Waals surface area (Å²) in [5.74, 6) is -1.23. The Bertz CT molecular complexity index is 1070. The monoisotopic (exact) mass is 407 g/mol. The largest absolute Gasteiger partial charge is 0.324 e. The number of fused-ring (bicyclic) bond motifs is 1. The lowest BCUT2D eigenvalue weighted by atomic mass is 10.1. The molecule has 8 nitrogen and oxygen atoms in total. The summed E-state index contributed by atoms with van der Waals surface area (Å²) in [5, 5.41) is 8.96. The number of nitrogens with one attached hydrogen (secondary N) is 4. The summed E-state index contributed by atoms with van der Waals surface area (Å²) < 4.78 is 0. The Morgan fingerprint density at radius 1 is 1.03 bits per heavy atom. The van der Waals surface area contributed by atoms with Crippen LogP contribution in [0, 0.1) is 0 Å². The maximum Gasteiger partial charge on any atom is 0.287 e. The van der Waals surface area contributed by atoms with Crippen LogP contribution in [0.25, 0.3) is 11.3 Å². The lowest BCUT2D eigenvalue weighted by molar-refractivity contribution is -0.124. The third kappa shape index (κ3) is 4.30. The van der Waals surface area contributed by atoms with Gasteiger partial charge in [-0.15, -0.1) is 11.8 Å². The van der Waals surface area contributed by atoms with Crippen LogP contribution >= 0.6 is 11.8 Å². The first-order chi connectivity index (χ1) is 14.1. The zero-order chi connectivity index (χ0) is 20.2. The van der Waals surface area contributed by atoms with Crippen molar-refractivity contribution in [3.63, 3.8) is 0 Å². The van der Waals surface area contributed by atoms with E-state index >= 15 is 0 Å². The minimum absolute atomic E-state index is 0.0661. The van der Waals surface area contributed by atoms with Crippen molar-refractivity contribution < 1.29 is 14.4 Å². The molecule has 0 aliphatic carbocycles. The highest BCUT2D eigenvalue weighted by atomic mass is 32.2. The van der Waals surface area contributed by atoms with Crippen LogP contribution < -0.4 is 16.2 Å². The SMILES string of the molecule is O=C(C[C@@H]1Sc2ccccc2NC1=O)NNC(=O)c1cc(-c2ccccc2)n[nH]1. The summed E-state index contributed by atoms with van der Waals surface area (Å²) in [6, 6.07) is 18.4. The summed E-state index contributed by atoms with van der Waals surface area (Å²) in [6.07, 6.45) is -0.0661. The number of H-pyrrole nitrogens is 1. The Morgan fingerprint density at radius 3 is 2.62 bits per heavy atom. The molecule has 0 saturated carbocycles. The van der Waals surface area contributed by atoms with E-state index in [0.717, 1.165) is 16.1 Å². The van der Waals surface area contributed by atoms with E-state index in [1.807, 2.05) is 54.6 Å². The molecule has 29 heavy (non-hydrogen) atoms. The topological polar surface area (TPSA) is 116 Å². The molecule has 4 N–H and O–H groups in total. The highest BCUT2D eigenvalue weighted by Gasteiger charge is 2.29. The first kappa shape index (κ1) is 18.8. The number of aromatic amines is 1. The van der Waals surface area contributed by atoms with E-state index in [4.69, 9.17) is 0 Å². The molecule has 0 spiro atoms. The lowest BCUT2D eigenvalue weighted by Crippen LogP contribution is -2.44. The summed E-state index contributed by atoms with van der Waals surface area (Å²) in [6.45, 7) is 0. The molecule has 4 rings (SSSR count). The number of para-hydroxylation sites is 1. The third-order valence-electron chi connectivity index (χ3n) is 4.28. The zero-order valence-corrected chi connectivity index (χ0v) is 16.0. The number of thioether (sulfide) groups is 1. The van der Waals surface area contributed by atoms with Crippen molar-refractivity contribution in [2.24, 2.45) is 0 Å². The van der Waals surface area contributed by atoms with Crippen LogP contribution in [0.15, 0.2) is 65.6 Å². The molecule has 0 saturated heterocycles. The second kappa shape index (κ2) is 8.19. The van der Waals surface area contributed by atoms with E-state index < -0.39 is 17.1 Å². The summed E-state index contributed by atoms with van der Waals surface area (Å²) in [7, 11) is 0. The standard InChI is InChI=1S/C20H17N5O3S/c26-18(11-17-20(28)21-13-8-4-5-9-16(13)29-17)24-25-19(27)15-10-14(22-23-15)12-6-2-1-3-7-12/h1-10,17H,11H2,(H,21,28)(H,22,23)(H,24,26)(H,25,27)/t17-/m0/s1. The van der Waals surface area contributed by atoms with Gasteiger partial charge in [-0.1, -0.05) is 42.5 Å². The highest BCUT2D eigenvalue weighted by molar-refractivity contribution is 8.01. The Labute approximate surface area is 170 Å². The fourth-order valence-electron chi connectivity index (χ4n) is 2.84. The Balaban J connectivity index is 1.31. The number of aromatic nitrogens is 2. The van der Waals surface area contributed by atoms with E-state index in [-0.39, 0.29) is 18.0 Å². The molecule has 0 radical (unpaired) electrons. The van der Waals surface area contributed by atoms with Crippen molar-refractivity contribution in [2.75, 3.05) is 5.32 Å². The van der Waals surface area contributed by atoms with Crippen LogP contribution in [-0.4, -0.2) is 33.2 Å². The number of hydrazine groups is 1. The van der Waals surface area contributed by atoms with Gasteiger partial charge in [0.15, 0.2) is 0 Å². The summed E-state index contributed by atoms with van der Waals surface area (Å²) in [4.78, 5) is 37.5. The van der Waals surface area contributed by atoms with Crippen LogP contribution in [0.1, 0.15) is 16.9 Å². The molecule has 2 heterocycles. The molecule has 2 aromatic carbocycles. The van der Waals surface area contributed by atoms with Gasteiger partial charge in [-0.2, -0.15) is 5.10 Å². The van der Waals surface area contributed by atoms with Crippen molar-refractivity contribution in [3.05, 3.63) is 66.4 Å². The number of benzene rings is 2. The number of anilines is 1. The van der Waals surface area contributed by atoms with Gasteiger partial charge in [0.2, 0.25) is 11.8 Å². The second-order valence-electron chi connectivity index (χ2n) is 6.33. The molecular weight excluding hydrogens is 390 g/mol. The van der Waals surface area contributed by atoms with Gasteiger partial charge in [-0.05, 0) is 18.2 Å². The highest BCUT2D eigenvalue weighted by Crippen LogP contribution is 2.36. The van der Waals surface area contributed by atoms with Crippen LogP contribution in [-0.2, 0) is 9.59 Å². The van der Waals surface area contributed by atoms with Crippen LogP contribution in [0.5, 0.6) is 0 Å². The van der Waals surface area contributed by atoms with Gasteiger partial charge in [0, 0.05) is 16.9 Å². The van der Waals surface area contributed by atoms with Gasteiger partial charge in [0.1, 0.15) is 5.69 Å². The quantitative estimate of drug-likeness (QED) is 0.496. The molecule has 1 aromatic heterocycles. The molecule has 0 unspecified atom stereocenters. The molecule has 3 amide bonds. The predicted octanol–water partition coefficient (Wildman–Crippen LogP) is 2.34. The minimum atomic E-state index is -0.571. The number of hydrogen-bond donors (Lipinski definition) is 4. The molecule has 9 heteroatoms. The Kier molecular flexibility index (Phi) is 5.30. The first-order valence-electron chi connectivity index (χ1n) is 8.87. The minimum Gasteiger partial charge on any atom is -0.324 e. The number of carbonyl (C=O) groups is 3. The van der Waals surface area contributed by atoms with E-state index in [1.165, 1.54) is 11.8 Å². The molecule has 1 aliphatic heterocycles. The molecule has 3 aromatic rings. The van der Waals surface area contributed by atoms with Gasteiger partial charge >= 0.3 is 0 Å². The zero-order valence-electron chi connectivity index (χ0n) is 15.1. The predicted molar refractivity (Wildman–Crippen MR) is 109 cm³/mol. The van der Waals surface area contributed by atoms with Gasteiger partial charge in [0.05, 0.1) is 16.6 Å². The average molecular weight is 407 g/mol. The van der Waals surface area contributed by atoms with Crippen molar-refractivity contribution in [3.8, 4) is 11.3 Å². The van der Waals surface area contributed by atoms with E-state index in [1.54, 1.807) is 6.07 Å². The summed E-state index contributed by atoms with van der Waals surface area (Å²) in [5.41, 5.74) is 7.12. The molecule has 1 aliphatic rings. The average Bonchev–Trinajstić information content (AvgIpc) is 3.24. The fraction of sp³-hybridized carbons (Fsp3) is 0.100. The smallest absolute Gasteiger partial charge is 0.287 e. The maximum atomic E-state index is 12.2. The number of carbonyl (C=O) groups excluding carboxylic acids is 3. The molecule has 1 atom stereocenters. The Hall–Kier alpha value is -3.59. The van der Waals surface area contributed by atoms with Crippen molar-refractivity contribution in [1.82, 2.24) is 21.0 Å².